The number of rotatable bonds is 4. The van der Waals surface area contributed by atoms with E-state index < -0.39 is 11.4 Å². The van der Waals surface area contributed by atoms with Gasteiger partial charge in [-0.05, 0) is 38.5 Å². The molecule has 3 atom stereocenters. The summed E-state index contributed by atoms with van der Waals surface area (Å²) in [6, 6.07) is -0.200. The van der Waals surface area contributed by atoms with Gasteiger partial charge in [0.2, 0.25) is 5.91 Å². The van der Waals surface area contributed by atoms with Crippen LogP contribution >= 0.6 is 0 Å². The number of aliphatic carboxylic acids is 1. The molecule has 0 aromatic heterocycles. The van der Waals surface area contributed by atoms with E-state index in [4.69, 9.17) is 0 Å². The molecule has 2 saturated carbocycles. The number of amides is 1. The molecule has 0 radical (unpaired) electrons. The summed E-state index contributed by atoms with van der Waals surface area (Å²) in [4.78, 5) is 23.3. The van der Waals surface area contributed by atoms with E-state index in [0.29, 0.717) is 12.3 Å². The summed E-state index contributed by atoms with van der Waals surface area (Å²) in [7, 11) is 0. The second kappa shape index (κ2) is 4.31. The summed E-state index contributed by atoms with van der Waals surface area (Å²) in [5.74, 6) is -0.201. The molecule has 2 N–H and O–H groups in total. The van der Waals surface area contributed by atoms with E-state index in [9.17, 15) is 14.7 Å². The molecule has 0 saturated heterocycles. The number of hydrogen-bond acceptors (Lipinski definition) is 2. The Bertz CT molecular complexity index is 338. The highest BCUT2D eigenvalue weighted by Crippen LogP contribution is 2.40. The van der Waals surface area contributed by atoms with E-state index >= 15 is 0 Å². The van der Waals surface area contributed by atoms with Gasteiger partial charge in [0, 0.05) is 12.0 Å². The molecule has 4 nitrogen and oxygen atoms in total. The van der Waals surface area contributed by atoms with Crippen molar-refractivity contribution in [3.8, 4) is 0 Å². The maximum atomic E-state index is 12.0. The number of carbonyl (C=O) groups is 2. The zero-order chi connectivity index (χ0) is 12.6. The van der Waals surface area contributed by atoms with Crippen LogP contribution in [0.4, 0.5) is 0 Å². The summed E-state index contributed by atoms with van der Waals surface area (Å²) in [5, 5.41) is 12.2. The summed E-state index contributed by atoms with van der Waals surface area (Å²) in [6.45, 7) is 3.69. The van der Waals surface area contributed by atoms with Crippen molar-refractivity contribution in [2.75, 3.05) is 0 Å². The van der Waals surface area contributed by atoms with Crippen molar-refractivity contribution in [3.63, 3.8) is 0 Å². The summed E-state index contributed by atoms with van der Waals surface area (Å²) in [6.07, 6.45) is 4.59. The van der Waals surface area contributed by atoms with Crippen LogP contribution in [0.1, 0.15) is 46.0 Å². The number of nitrogens with one attached hydrogen (secondary N) is 1. The molecule has 17 heavy (non-hydrogen) atoms. The van der Waals surface area contributed by atoms with Crippen LogP contribution in [0.3, 0.4) is 0 Å². The molecule has 3 unspecified atom stereocenters. The fraction of sp³-hybridized carbons (Fsp3) is 0.846. The van der Waals surface area contributed by atoms with Gasteiger partial charge in [-0.15, -0.1) is 0 Å². The molecule has 2 aliphatic carbocycles. The lowest BCUT2D eigenvalue weighted by Crippen LogP contribution is -2.48. The normalized spacial score (nSPS) is 34.4. The molecule has 0 aliphatic heterocycles. The second-order valence-corrected chi connectivity index (χ2v) is 5.80. The number of carboxylic acid groups (broad SMARTS) is 1. The first-order valence-corrected chi connectivity index (χ1v) is 6.49. The van der Waals surface area contributed by atoms with Crippen LogP contribution < -0.4 is 5.32 Å². The zero-order valence-electron chi connectivity index (χ0n) is 10.5. The smallest absolute Gasteiger partial charge is 0.311 e. The van der Waals surface area contributed by atoms with Gasteiger partial charge in [-0.1, -0.05) is 13.3 Å². The molecule has 0 spiro atoms. The van der Waals surface area contributed by atoms with E-state index in [1.807, 2.05) is 6.92 Å². The molecule has 2 aliphatic rings. The molecule has 4 heteroatoms. The van der Waals surface area contributed by atoms with Gasteiger partial charge in [-0.3, -0.25) is 9.59 Å². The second-order valence-electron chi connectivity index (χ2n) is 5.80. The van der Waals surface area contributed by atoms with Crippen LogP contribution in [0.2, 0.25) is 0 Å². The van der Waals surface area contributed by atoms with Crippen molar-refractivity contribution < 1.29 is 14.7 Å². The van der Waals surface area contributed by atoms with E-state index in [1.165, 1.54) is 0 Å². The lowest BCUT2D eigenvalue weighted by atomic mass is 9.84. The third-order valence-corrected chi connectivity index (χ3v) is 4.51. The molecule has 0 bridgehead atoms. The Balaban J connectivity index is 1.97. The Morgan fingerprint density at radius 2 is 2.00 bits per heavy atom. The van der Waals surface area contributed by atoms with E-state index in [2.05, 4.69) is 5.32 Å². The number of hydrogen-bond donors (Lipinski definition) is 2. The van der Waals surface area contributed by atoms with Crippen LogP contribution in [0.15, 0.2) is 0 Å². The topological polar surface area (TPSA) is 66.4 Å². The van der Waals surface area contributed by atoms with E-state index in [-0.39, 0.29) is 17.9 Å². The Morgan fingerprint density at radius 1 is 1.35 bits per heavy atom. The minimum Gasteiger partial charge on any atom is -0.481 e. The van der Waals surface area contributed by atoms with Gasteiger partial charge in [0.25, 0.3) is 0 Å². The lowest BCUT2D eigenvalue weighted by molar-refractivity contribution is -0.149. The molecular formula is C13H21NO3. The molecule has 2 fully saturated rings. The van der Waals surface area contributed by atoms with Crippen molar-refractivity contribution >= 4 is 11.9 Å². The maximum Gasteiger partial charge on any atom is 0.311 e. The maximum absolute atomic E-state index is 12.0. The van der Waals surface area contributed by atoms with Crippen LogP contribution in [-0.2, 0) is 9.59 Å². The Morgan fingerprint density at radius 3 is 2.53 bits per heavy atom. The first-order valence-electron chi connectivity index (χ1n) is 6.49. The van der Waals surface area contributed by atoms with Gasteiger partial charge in [0.15, 0.2) is 0 Å². The predicted molar refractivity (Wildman–Crippen MR) is 63.4 cm³/mol. The molecule has 2 rings (SSSR count). The molecule has 96 valence electrons. The summed E-state index contributed by atoms with van der Waals surface area (Å²) >= 11 is 0. The van der Waals surface area contributed by atoms with Crippen molar-refractivity contribution in [1.29, 1.82) is 0 Å². The van der Waals surface area contributed by atoms with Crippen molar-refractivity contribution in [2.24, 2.45) is 17.3 Å². The highest BCUT2D eigenvalue weighted by molar-refractivity contribution is 5.81. The highest BCUT2D eigenvalue weighted by atomic mass is 16.4. The minimum atomic E-state index is -0.792. The zero-order valence-corrected chi connectivity index (χ0v) is 10.5. The van der Waals surface area contributed by atoms with E-state index in [0.717, 1.165) is 25.7 Å². The van der Waals surface area contributed by atoms with Gasteiger partial charge in [-0.25, -0.2) is 0 Å². The third-order valence-electron chi connectivity index (χ3n) is 4.51. The van der Waals surface area contributed by atoms with Crippen molar-refractivity contribution in [3.05, 3.63) is 0 Å². The van der Waals surface area contributed by atoms with E-state index in [1.54, 1.807) is 6.92 Å². The van der Waals surface area contributed by atoms with Gasteiger partial charge in [0.1, 0.15) is 0 Å². The fourth-order valence-corrected chi connectivity index (χ4v) is 2.77. The quantitative estimate of drug-likeness (QED) is 0.786. The number of carboxylic acids is 1. The van der Waals surface area contributed by atoms with Crippen LogP contribution in [0.5, 0.6) is 0 Å². The molecule has 0 aromatic carbocycles. The third kappa shape index (κ3) is 2.31. The standard InChI is InChI=1S/C13H21NO3/c1-8(9-5-6-9)11(15)14-10-4-3-7-13(10,2)12(16)17/h8-10H,3-7H2,1-2H3,(H,14,15)(H,16,17). The summed E-state index contributed by atoms with van der Waals surface area (Å²) in [5.41, 5.74) is -0.779. The first-order chi connectivity index (χ1) is 7.95. The van der Waals surface area contributed by atoms with Gasteiger partial charge in [0.05, 0.1) is 5.41 Å². The Hall–Kier alpha value is -1.06. The first kappa shape index (κ1) is 12.4. The molecule has 0 aromatic rings. The monoisotopic (exact) mass is 239 g/mol. The Kier molecular flexibility index (Phi) is 3.15. The molecular weight excluding hydrogens is 218 g/mol. The minimum absolute atomic E-state index is 0.0341. The largest absolute Gasteiger partial charge is 0.481 e. The molecule has 1 amide bonds. The number of carbonyl (C=O) groups excluding carboxylic acids is 1. The van der Waals surface area contributed by atoms with Crippen LogP contribution in [0.25, 0.3) is 0 Å². The van der Waals surface area contributed by atoms with Crippen LogP contribution in [0, 0.1) is 17.3 Å². The fourth-order valence-electron chi connectivity index (χ4n) is 2.77. The van der Waals surface area contributed by atoms with Crippen molar-refractivity contribution in [2.45, 2.75) is 52.0 Å². The molecule has 0 heterocycles. The average molecular weight is 239 g/mol. The van der Waals surface area contributed by atoms with Crippen molar-refractivity contribution in [1.82, 2.24) is 5.32 Å². The van der Waals surface area contributed by atoms with Gasteiger partial charge >= 0.3 is 5.97 Å². The predicted octanol–water partition coefficient (Wildman–Crippen LogP) is 1.79. The van der Waals surface area contributed by atoms with Gasteiger partial charge in [-0.2, -0.15) is 0 Å². The summed E-state index contributed by atoms with van der Waals surface area (Å²) < 4.78 is 0. The highest BCUT2D eigenvalue weighted by Gasteiger charge is 2.46. The van der Waals surface area contributed by atoms with Crippen LogP contribution in [-0.4, -0.2) is 23.0 Å². The average Bonchev–Trinajstić information content (AvgIpc) is 3.04. The lowest BCUT2D eigenvalue weighted by Gasteiger charge is -2.28. The SMILES string of the molecule is CC(C(=O)NC1CCCC1(C)C(=O)O)C1CC1. The van der Waals surface area contributed by atoms with Gasteiger partial charge < -0.3 is 10.4 Å². The Labute approximate surface area is 102 Å².